The maximum absolute atomic E-state index is 13.0. The molecular formula is C25H28N2O6. The van der Waals surface area contributed by atoms with E-state index in [0.717, 1.165) is 0 Å². The van der Waals surface area contributed by atoms with Crippen LogP contribution in [0.3, 0.4) is 0 Å². The summed E-state index contributed by atoms with van der Waals surface area (Å²) in [6.07, 6.45) is -0.328. The summed E-state index contributed by atoms with van der Waals surface area (Å²) < 4.78 is 16.4. The summed E-state index contributed by atoms with van der Waals surface area (Å²) in [6.45, 7) is 7.28. The second-order valence-corrected chi connectivity index (χ2v) is 8.13. The van der Waals surface area contributed by atoms with Crippen molar-refractivity contribution in [2.75, 3.05) is 7.11 Å². The van der Waals surface area contributed by atoms with Crippen LogP contribution >= 0.6 is 0 Å². The third-order valence-electron chi connectivity index (χ3n) is 4.98. The van der Waals surface area contributed by atoms with Crippen molar-refractivity contribution in [1.82, 2.24) is 10.6 Å². The van der Waals surface area contributed by atoms with Gasteiger partial charge < -0.3 is 24.8 Å². The summed E-state index contributed by atoms with van der Waals surface area (Å²) in [7, 11) is 1.45. The van der Waals surface area contributed by atoms with Gasteiger partial charge in [0.15, 0.2) is 11.5 Å². The van der Waals surface area contributed by atoms with Crippen LogP contribution in [0.1, 0.15) is 49.7 Å². The van der Waals surface area contributed by atoms with Crippen LogP contribution in [0.15, 0.2) is 59.8 Å². The van der Waals surface area contributed by atoms with Gasteiger partial charge in [-0.2, -0.15) is 0 Å². The number of hydrogen-bond acceptors (Lipinski definition) is 6. The highest BCUT2D eigenvalue weighted by atomic mass is 16.6. The van der Waals surface area contributed by atoms with Crippen LogP contribution in [0.2, 0.25) is 0 Å². The van der Waals surface area contributed by atoms with E-state index in [2.05, 4.69) is 10.6 Å². The molecule has 2 aromatic carbocycles. The zero-order chi connectivity index (χ0) is 24.1. The van der Waals surface area contributed by atoms with Crippen LogP contribution in [-0.4, -0.2) is 31.2 Å². The Labute approximate surface area is 192 Å². The zero-order valence-electron chi connectivity index (χ0n) is 19.3. The first-order valence-corrected chi connectivity index (χ1v) is 10.7. The lowest BCUT2D eigenvalue weighted by Gasteiger charge is -2.31. The van der Waals surface area contributed by atoms with Crippen LogP contribution in [0.4, 0.5) is 4.79 Å². The Balaban J connectivity index is 1.99. The van der Waals surface area contributed by atoms with Crippen LogP contribution in [0.25, 0.3) is 0 Å². The van der Waals surface area contributed by atoms with Gasteiger partial charge in [-0.05, 0) is 49.6 Å². The number of carbonyl (C=O) groups is 3. The SMILES string of the molecule is COc1cc(C2NC(=O)NC(C(C)C)=C2C(=O)OC(C)C)ccc1OC(=O)c1ccccc1. The molecule has 1 atom stereocenters. The van der Waals surface area contributed by atoms with Crippen molar-refractivity contribution in [3.05, 3.63) is 70.9 Å². The molecule has 0 saturated carbocycles. The van der Waals surface area contributed by atoms with Gasteiger partial charge in [-0.1, -0.05) is 38.1 Å². The number of methoxy groups -OCH3 is 1. The first-order valence-electron chi connectivity index (χ1n) is 10.7. The predicted molar refractivity (Wildman–Crippen MR) is 122 cm³/mol. The van der Waals surface area contributed by atoms with Crippen molar-refractivity contribution in [1.29, 1.82) is 0 Å². The molecule has 2 amide bonds. The molecule has 0 spiro atoms. The molecule has 2 N–H and O–H groups in total. The van der Waals surface area contributed by atoms with Crippen LogP contribution in [0, 0.1) is 5.92 Å². The highest BCUT2D eigenvalue weighted by Gasteiger charge is 2.35. The number of nitrogens with one attached hydrogen (secondary N) is 2. The van der Waals surface area contributed by atoms with Gasteiger partial charge in [0.1, 0.15) is 0 Å². The topological polar surface area (TPSA) is 103 Å². The van der Waals surface area contributed by atoms with Crippen molar-refractivity contribution in [2.24, 2.45) is 5.92 Å². The Bertz CT molecular complexity index is 1080. The second kappa shape index (κ2) is 10.2. The smallest absolute Gasteiger partial charge is 0.343 e. The summed E-state index contributed by atoms with van der Waals surface area (Å²) in [6, 6.07) is 12.3. The highest BCUT2D eigenvalue weighted by molar-refractivity contribution is 5.95. The molecular weight excluding hydrogens is 424 g/mol. The minimum Gasteiger partial charge on any atom is -0.493 e. The maximum Gasteiger partial charge on any atom is 0.343 e. The van der Waals surface area contributed by atoms with E-state index in [-0.39, 0.29) is 23.5 Å². The molecule has 1 unspecified atom stereocenters. The Hall–Kier alpha value is -3.81. The fourth-order valence-corrected chi connectivity index (χ4v) is 3.48. The zero-order valence-corrected chi connectivity index (χ0v) is 19.3. The summed E-state index contributed by atoms with van der Waals surface area (Å²) in [4.78, 5) is 37.8. The van der Waals surface area contributed by atoms with Gasteiger partial charge in [-0.15, -0.1) is 0 Å². The third kappa shape index (κ3) is 5.52. The molecule has 1 aliphatic rings. The van der Waals surface area contributed by atoms with E-state index in [1.165, 1.54) is 7.11 Å². The number of allylic oxidation sites excluding steroid dienone is 1. The molecule has 2 aromatic rings. The van der Waals surface area contributed by atoms with Crippen LogP contribution in [0.5, 0.6) is 11.5 Å². The maximum atomic E-state index is 13.0. The van der Waals surface area contributed by atoms with E-state index in [4.69, 9.17) is 14.2 Å². The number of amides is 2. The van der Waals surface area contributed by atoms with E-state index in [0.29, 0.717) is 22.4 Å². The minimum absolute atomic E-state index is 0.124. The predicted octanol–water partition coefficient (Wildman–Crippen LogP) is 4.13. The summed E-state index contributed by atoms with van der Waals surface area (Å²) >= 11 is 0. The quantitative estimate of drug-likeness (QED) is 0.484. The van der Waals surface area contributed by atoms with E-state index >= 15 is 0 Å². The molecule has 1 aliphatic heterocycles. The van der Waals surface area contributed by atoms with Crippen molar-refractivity contribution >= 4 is 18.0 Å². The van der Waals surface area contributed by atoms with Gasteiger partial charge >= 0.3 is 18.0 Å². The fraction of sp³-hybridized carbons (Fsp3) is 0.320. The molecule has 8 nitrogen and oxygen atoms in total. The van der Waals surface area contributed by atoms with Crippen molar-refractivity contribution in [2.45, 2.75) is 39.8 Å². The lowest BCUT2D eigenvalue weighted by atomic mass is 9.91. The molecule has 3 rings (SSSR count). The largest absolute Gasteiger partial charge is 0.493 e. The van der Waals surface area contributed by atoms with Crippen molar-refractivity contribution in [3.8, 4) is 11.5 Å². The Kier molecular flexibility index (Phi) is 7.37. The van der Waals surface area contributed by atoms with Gasteiger partial charge in [0.2, 0.25) is 0 Å². The molecule has 1 heterocycles. The molecule has 0 saturated heterocycles. The number of benzene rings is 2. The summed E-state index contributed by atoms with van der Waals surface area (Å²) in [5, 5.41) is 5.52. The lowest BCUT2D eigenvalue weighted by Crippen LogP contribution is -2.47. The summed E-state index contributed by atoms with van der Waals surface area (Å²) in [5.41, 5.74) is 1.79. The van der Waals surface area contributed by atoms with E-state index in [1.54, 1.807) is 62.4 Å². The number of carbonyl (C=O) groups excluding carboxylic acids is 3. The molecule has 0 fully saturated rings. The van der Waals surface area contributed by atoms with Crippen molar-refractivity contribution in [3.63, 3.8) is 0 Å². The average molecular weight is 453 g/mol. The summed E-state index contributed by atoms with van der Waals surface area (Å²) in [5.74, 6) is -0.673. The molecule has 33 heavy (non-hydrogen) atoms. The highest BCUT2D eigenvalue weighted by Crippen LogP contribution is 2.36. The van der Waals surface area contributed by atoms with Gasteiger partial charge in [-0.3, -0.25) is 0 Å². The van der Waals surface area contributed by atoms with Gasteiger partial charge in [-0.25, -0.2) is 14.4 Å². The number of ether oxygens (including phenoxy) is 3. The Morgan fingerprint density at radius 2 is 1.64 bits per heavy atom. The average Bonchev–Trinajstić information content (AvgIpc) is 2.78. The Morgan fingerprint density at radius 3 is 2.24 bits per heavy atom. The minimum atomic E-state index is -0.768. The van der Waals surface area contributed by atoms with Crippen LogP contribution in [-0.2, 0) is 9.53 Å². The lowest BCUT2D eigenvalue weighted by molar-refractivity contribution is -0.143. The van der Waals surface area contributed by atoms with Gasteiger partial charge in [0, 0.05) is 5.70 Å². The monoisotopic (exact) mass is 452 g/mol. The van der Waals surface area contributed by atoms with Gasteiger partial charge in [0.25, 0.3) is 0 Å². The third-order valence-corrected chi connectivity index (χ3v) is 4.98. The van der Waals surface area contributed by atoms with Crippen LogP contribution < -0.4 is 20.1 Å². The second-order valence-electron chi connectivity index (χ2n) is 8.13. The molecule has 8 heteroatoms. The van der Waals surface area contributed by atoms with Gasteiger partial charge in [0.05, 0.1) is 30.4 Å². The normalized spacial score (nSPS) is 15.7. The van der Waals surface area contributed by atoms with E-state index in [9.17, 15) is 14.4 Å². The Morgan fingerprint density at radius 1 is 0.939 bits per heavy atom. The number of urea groups is 1. The standard InChI is InChI=1S/C25H28N2O6/c1-14(2)21-20(24(29)32-15(3)4)22(27-25(30)26-21)17-11-12-18(19(13-17)31-5)33-23(28)16-9-7-6-8-10-16/h6-15,22H,1-5H3,(H2,26,27,30). The van der Waals surface area contributed by atoms with E-state index < -0.39 is 24.0 Å². The molecule has 174 valence electrons. The first kappa shape index (κ1) is 23.8. The molecule has 0 aromatic heterocycles. The molecule has 0 aliphatic carbocycles. The number of hydrogen-bond donors (Lipinski definition) is 2. The number of esters is 2. The first-order chi connectivity index (χ1) is 15.7. The fourth-order valence-electron chi connectivity index (χ4n) is 3.48. The van der Waals surface area contributed by atoms with E-state index in [1.807, 2.05) is 13.8 Å². The molecule has 0 bridgehead atoms. The number of rotatable bonds is 7. The molecule has 0 radical (unpaired) electrons. The van der Waals surface area contributed by atoms with Crippen molar-refractivity contribution < 1.29 is 28.6 Å².